The Morgan fingerprint density at radius 3 is 2.33 bits per heavy atom. The molecule has 0 radical (unpaired) electrons. The van der Waals surface area contributed by atoms with Crippen molar-refractivity contribution in [2.45, 2.75) is 161 Å². The number of hydrogen-bond donors (Lipinski definition) is 3. The van der Waals surface area contributed by atoms with Crippen molar-refractivity contribution in [3.05, 3.63) is 26.4 Å². The standard InChI is InChI=1S/C35H57N3O8/c1-31(2)21-11-13-24-33(5,17-18-34(6)20(15-16-35(24,34)7)9-8-10-25(40)32(3,4)38-44)22(21)12-14-26(31)46-30-28(37-43)29(41)27(36-42)23(19-39)45-30/h11,20,22-30,39-41H,8-10,12-19H2,1-7H3/t20?,22?,23-,24?,25-,26+,27-,28-,29+,30+,33+,34-,35+/m1/s1. The lowest BCUT2D eigenvalue weighted by Crippen LogP contribution is -2.61. The van der Waals surface area contributed by atoms with E-state index in [9.17, 15) is 30.0 Å². The van der Waals surface area contributed by atoms with E-state index < -0.39 is 48.8 Å². The van der Waals surface area contributed by atoms with Crippen LogP contribution in [0.5, 0.6) is 0 Å². The van der Waals surface area contributed by atoms with Crippen molar-refractivity contribution in [1.82, 2.24) is 0 Å². The van der Waals surface area contributed by atoms with Crippen LogP contribution in [-0.4, -0.2) is 70.3 Å². The van der Waals surface area contributed by atoms with Crippen LogP contribution in [0.25, 0.3) is 0 Å². The zero-order chi connectivity index (χ0) is 33.9. The van der Waals surface area contributed by atoms with Crippen LogP contribution in [0.15, 0.2) is 27.2 Å². The largest absolute Gasteiger partial charge is 0.394 e. The smallest absolute Gasteiger partial charge is 0.186 e. The molecule has 11 heteroatoms. The summed E-state index contributed by atoms with van der Waals surface area (Å²) < 4.78 is 12.3. The van der Waals surface area contributed by atoms with Crippen molar-refractivity contribution in [1.29, 1.82) is 0 Å². The van der Waals surface area contributed by atoms with Crippen LogP contribution < -0.4 is 0 Å². The zero-order valence-electron chi connectivity index (χ0n) is 28.9. The molecule has 46 heavy (non-hydrogen) atoms. The number of ether oxygens (including phenoxy) is 2. The van der Waals surface area contributed by atoms with E-state index in [1.165, 1.54) is 24.8 Å². The van der Waals surface area contributed by atoms with E-state index in [-0.39, 0.29) is 27.8 Å². The molecule has 1 aliphatic heterocycles. The molecule has 11 nitrogen and oxygen atoms in total. The lowest BCUT2D eigenvalue weighted by atomic mass is 9.39. The molecule has 1 saturated heterocycles. The van der Waals surface area contributed by atoms with Gasteiger partial charge in [0.25, 0.3) is 0 Å². The van der Waals surface area contributed by atoms with Crippen molar-refractivity contribution in [3.8, 4) is 0 Å². The van der Waals surface area contributed by atoms with Gasteiger partial charge in [-0.3, -0.25) is 0 Å². The van der Waals surface area contributed by atoms with Crippen molar-refractivity contribution < 1.29 is 24.8 Å². The van der Waals surface area contributed by atoms with Gasteiger partial charge in [-0.15, -0.1) is 0 Å². The van der Waals surface area contributed by atoms with Crippen LogP contribution in [0.1, 0.15) is 113 Å². The topological polar surface area (TPSA) is 167 Å². The third-order valence-electron chi connectivity index (χ3n) is 14.4. The molecule has 5 rings (SSSR count). The highest BCUT2D eigenvalue weighted by Crippen LogP contribution is 2.74. The molecule has 3 N–H and O–H groups in total. The van der Waals surface area contributed by atoms with Crippen LogP contribution in [0.2, 0.25) is 0 Å². The van der Waals surface area contributed by atoms with E-state index in [0.717, 1.165) is 38.5 Å². The summed E-state index contributed by atoms with van der Waals surface area (Å²) in [5.41, 5.74) is 0.626. The Morgan fingerprint density at radius 2 is 1.70 bits per heavy atom. The predicted molar refractivity (Wildman–Crippen MR) is 174 cm³/mol. The van der Waals surface area contributed by atoms with Gasteiger partial charge in [0.05, 0.1) is 18.8 Å². The molecule has 4 aliphatic carbocycles. The maximum Gasteiger partial charge on any atom is 0.186 e. The van der Waals surface area contributed by atoms with Gasteiger partial charge in [0.15, 0.2) is 12.3 Å². The van der Waals surface area contributed by atoms with Gasteiger partial charge < -0.3 is 24.8 Å². The van der Waals surface area contributed by atoms with E-state index in [1.807, 2.05) is 0 Å². The van der Waals surface area contributed by atoms with E-state index >= 15 is 0 Å². The van der Waals surface area contributed by atoms with Crippen LogP contribution in [0.3, 0.4) is 0 Å². The van der Waals surface area contributed by atoms with Gasteiger partial charge in [-0.05, 0) is 106 Å². The third kappa shape index (κ3) is 5.44. The molecular weight excluding hydrogens is 590 g/mol. The van der Waals surface area contributed by atoms with Crippen molar-refractivity contribution in [2.24, 2.45) is 54.9 Å². The molecular formula is C35H57N3O8. The average molecular weight is 648 g/mol. The van der Waals surface area contributed by atoms with Gasteiger partial charge in [0.2, 0.25) is 0 Å². The number of aliphatic hydroxyl groups excluding tert-OH is 3. The SMILES string of the molecule is CC(C)(N=O)[C@H](O)CCCC1CC[C@@]2(C)C3CC=C4C(CC[C@H](O[C@@H]5O[C@H](CO)[C@@H](N=O)[C@H](O)[C@H]5N=O)C4(C)C)[C@]3(C)CC[C@]12C. The summed E-state index contributed by atoms with van der Waals surface area (Å²) in [6.45, 7) is 14.8. The van der Waals surface area contributed by atoms with Crippen molar-refractivity contribution in [3.63, 3.8) is 0 Å². The number of allylic oxidation sites excluding steroid dienone is 1. The van der Waals surface area contributed by atoms with E-state index in [0.29, 0.717) is 24.2 Å². The Hall–Kier alpha value is -1.66. The Balaban J connectivity index is 1.32. The second kappa shape index (κ2) is 12.7. The molecule has 5 aliphatic rings. The van der Waals surface area contributed by atoms with Crippen molar-refractivity contribution >= 4 is 0 Å². The summed E-state index contributed by atoms with van der Waals surface area (Å²) >= 11 is 0. The fraction of sp³-hybridized carbons (Fsp3) is 0.943. The molecule has 3 saturated carbocycles. The number of hydrogen-bond acceptors (Lipinski definition) is 11. The summed E-state index contributed by atoms with van der Waals surface area (Å²) in [5.74, 6) is 1.55. The van der Waals surface area contributed by atoms with Crippen LogP contribution in [0.4, 0.5) is 0 Å². The first-order valence-corrected chi connectivity index (χ1v) is 17.5. The number of aliphatic hydroxyl groups is 3. The predicted octanol–water partition coefficient (Wildman–Crippen LogP) is 6.40. The number of fused-ring (bicyclic) bond motifs is 5. The summed E-state index contributed by atoms with van der Waals surface area (Å²) in [7, 11) is 0. The molecule has 4 fully saturated rings. The molecule has 13 atom stereocenters. The zero-order valence-corrected chi connectivity index (χ0v) is 28.9. The first-order valence-electron chi connectivity index (χ1n) is 17.5. The molecule has 0 aromatic rings. The lowest BCUT2D eigenvalue weighted by Gasteiger charge is -2.66. The minimum absolute atomic E-state index is 0.139. The average Bonchev–Trinajstić information content (AvgIpc) is 3.28. The minimum atomic E-state index is -1.49. The second-order valence-corrected chi connectivity index (χ2v) is 17.1. The minimum Gasteiger partial charge on any atom is -0.394 e. The monoisotopic (exact) mass is 647 g/mol. The summed E-state index contributed by atoms with van der Waals surface area (Å²) in [6.07, 6.45) is 7.69. The first kappa shape index (κ1) is 35.6. The molecule has 0 aromatic carbocycles. The highest BCUT2D eigenvalue weighted by atomic mass is 16.7. The van der Waals surface area contributed by atoms with E-state index in [1.54, 1.807) is 13.8 Å². The number of nitroso groups, excluding NO2 is 3. The molecule has 3 unspecified atom stereocenters. The van der Waals surface area contributed by atoms with Crippen LogP contribution in [-0.2, 0) is 9.47 Å². The Labute approximate surface area is 273 Å². The maximum absolute atomic E-state index is 11.8. The molecule has 260 valence electrons. The van der Waals surface area contributed by atoms with Gasteiger partial charge in [-0.2, -0.15) is 14.7 Å². The molecule has 0 aromatic heterocycles. The number of nitrogens with zero attached hydrogens (tertiary/aromatic N) is 3. The lowest BCUT2D eigenvalue weighted by molar-refractivity contribution is -0.268. The molecule has 0 amide bonds. The van der Waals surface area contributed by atoms with Gasteiger partial charge in [-0.1, -0.05) is 68.2 Å². The first-order chi connectivity index (χ1) is 21.6. The quantitative estimate of drug-likeness (QED) is 0.171. The molecule has 0 spiro atoms. The summed E-state index contributed by atoms with van der Waals surface area (Å²) in [4.78, 5) is 34.3. The van der Waals surface area contributed by atoms with E-state index in [4.69, 9.17) is 9.47 Å². The maximum atomic E-state index is 11.8. The fourth-order valence-electron chi connectivity index (χ4n) is 11.0. The Morgan fingerprint density at radius 1 is 1.00 bits per heavy atom. The summed E-state index contributed by atoms with van der Waals surface area (Å²) in [5, 5.41) is 40.1. The van der Waals surface area contributed by atoms with E-state index in [2.05, 4.69) is 56.2 Å². The van der Waals surface area contributed by atoms with Crippen LogP contribution in [0, 0.1) is 54.1 Å². The Bertz CT molecular complexity index is 1190. The van der Waals surface area contributed by atoms with Crippen LogP contribution >= 0.6 is 0 Å². The Kier molecular flexibility index (Phi) is 9.81. The second-order valence-electron chi connectivity index (χ2n) is 17.1. The summed E-state index contributed by atoms with van der Waals surface area (Å²) in [6, 6.07) is -2.61. The molecule has 0 bridgehead atoms. The third-order valence-corrected chi connectivity index (χ3v) is 14.4. The molecule has 1 heterocycles. The van der Waals surface area contributed by atoms with Gasteiger partial charge in [0.1, 0.15) is 23.8 Å². The highest BCUT2D eigenvalue weighted by Gasteiger charge is 2.67. The van der Waals surface area contributed by atoms with Gasteiger partial charge >= 0.3 is 0 Å². The van der Waals surface area contributed by atoms with Gasteiger partial charge in [-0.25, -0.2) is 0 Å². The number of rotatable bonds is 11. The fourth-order valence-corrected chi connectivity index (χ4v) is 11.0. The highest BCUT2D eigenvalue weighted by molar-refractivity contribution is 5.30. The van der Waals surface area contributed by atoms with Crippen molar-refractivity contribution in [2.75, 3.05) is 6.61 Å². The van der Waals surface area contributed by atoms with Gasteiger partial charge in [0, 0.05) is 5.41 Å². The normalized spacial score (nSPS) is 45.9.